The number of aromatic carboxylic acids is 1. The summed E-state index contributed by atoms with van der Waals surface area (Å²) in [4.78, 5) is 15.2. The van der Waals surface area contributed by atoms with Crippen molar-refractivity contribution in [3.63, 3.8) is 0 Å². The van der Waals surface area contributed by atoms with Crippen LogP contribution in [0.1, 0.15) is 28.7 Å². The molecule has 0 spiro atoms. The minimum atomic E-state index is -0.921. The molecule has 2 aromatic carbocycles. The minimum absolute atomic E-state index is 0.283. The molecule has 0 saturated heterocycles. The van der Waals surface area contributed by atoms with E-state index in [1.807, 2.05) is 30.3 Å². The van der Waals surface area contributed by atoms with Crippen molar-refractivity contribution in [2.24, 2.45) is 0 Å². The van der Waals surface area contributed by atoms with Crippen LogP contribution in [0.5, 0.6) is 0 Å². The number of benzene rings is 2. The number of hydrogen-bond donors (Lipinski definition) is 1. The van der Waals surface area contributed by atoms with Crippen molar-refractivity contribution in [3.05, 3.63) is 59.5 Å². The van der Waals surface area contributed by atoms with Crippen molar-refractivity contribution in [2.45, 2.75) is 20.3 Å². The summed E-state index contributed by atoms with van der Waals surface area (Å²) < 4.78 is 5.03. The predicted octanol–water partition coefficient (Wildman–Crippen LogP) is 3.97. The molecule has 0 radical (unpaired) electrons. The molecule has 0 aliphatic rings. The van der Waals surface area contributed by atoms with E-state index in [9.17, 15) is 4.79 Å². The van der Waals surface area contributed by atoms with Gasteiger partial charge in [0, 0.05) is 12.5 Å². The summed E-state index contributed by atoms with van der Waals surface area (Å²) in [5, 5.41) is 12.9. The first-order chi connectivity index (χ1) is 11.1. The lowest BCUT2D eigenvalue weighted by molar-refractivity contribution is 0.0697. The van der Waals surface area contributed by atoms with Crippen molar-refractivity contribution in [2.75, 3.05) is 0 Å². The van der Waals surface area contributed by atoms with Crippen LogP contribution >= 0.6 is 0 Å². The van der Waals surface area contributed by atoms with Crippen molar-refractivity contribution < 1.29 is 14.4 Å². The number of carboxylic acids is 1. The molecule has 0 aliphatic heterocycles. The second-order valence-corrected chi connectivity index (χ2v) is 5.24. The summed E-state index contributed by atoms with van der Waals surface area (Å²) in [6, 6.07) is 12.9. The lowest BCUT2D eigenvalue weighted by Gasteiger charge is -2.10. The molecule has 1 N–H and O–H groups in total. The first-order valence-electron chi connectivity index (χ1n) is 7.36. The second kappa shape index (κ2) is 6.04. The zero-order valence-corrected chi connectivity index (χ0v) is 12.9. The van der Waals surface area contributed by atoms with Crippen molar-refractivity contribution in [3.8, 4) is 22.5 Å². The number of aryl methyl sites for hydroxylation is 2. The molecule has 5 heteroatoms. The van der Waals surface area contributed by atoms with Gasteiger partial charge in [0.25, 0.3) is 0 Å². The molecular weight excluding hydrogens is 292 g/mol. The minimum Gasteiger partial charge on any atom is -0.478 e. The number of rotatable bonds is 4. The van der Waals surface area contributed by atoms with Gasteiger partial charge in [-0.15, -0.1) is 0 Å². The van der Waals surface area contributed by atoms with Crippen LogP contribution in [0, 0.1) is 6.92 Å². The van der Waals surface area contributed by atoms with E-state index >= 15 is 0 Å². The zero-order valence-electron chi connectivity index (χ0n) is 12.9. The average molecular weight is 308 g/mol. The van der Waals surface area contributed by atoms with Gasteiger partial charge in [0.2, 0.25) is 11.7 Å². The monoisotopic (exact) mass is 308 g/mol. The lowest BCUT2D eigenvalue weighted by atomic mass is 9.95. The van der Waals surface area contributed by atoms with Crippen LogP contribution < -0.4 is 0 Å². The number of nitrogens with zero attached hydrogens (tertiary/aromatic N) is 2. The van der Waals surface area contributed by atoms with Gasteiger partial charge in [-0.1, -0.05) is 36.3 Å². The van der Waals surface area contributed by atoms with Gasteiger partial charge in [-0.05, 0) is 41.3 Å². The van der Waals surface area contributed by atoms with E-state index in [2.05, 4.69) is 17.1 Å². The number of hydrogen-bond acceptors (Lipinski definition) is 4. The fourth-order valence-corrected chi connectivity index (χ4v) is 2.52. The Hall–Kier alpha value is -2.95. The van der Waals surface area contributed by atoms with Gasteiger partial charge in [0.15, 0.2) is 0 Å². The molecule has 5 nitrogen and oxygen atoms in total. The molecule has 1 aromatic heterocycles. The third-order valence-electron chi connectivity index (χ3n) is 3.71. The van der Waals surface area contributed by atoms with E-state index in [4.69, 9.17) is 9.63 Å². The highest BCUT2D eigenvalue weighted by atomic mass is 16.5. The maximum Gasteiger partial charge on any atom is 0.335 e. The first kappa shape index (κ1) is 15.0. The van der Waals surface area contributed by atoms with Crippen LogP contribution in [0.4, 0.5) is 0 Å². The van der Waals surface area contributed by atoms with E-state index < -0.39 is 5.97 Å². The maximum absolute atomic E-state index is 11.0. The third-order valence-corrected chi connectivity index (χ3v) is 3.71. The molecule has 0 atom stereocenters. The van der Waals surface area contributed by atoms with Crippen LogP contribution in [-0.2, 0) is 6.42 Å². The molecule has 0 amide bonds. The van der Waals surface area contributed by atoms with Gasteiger partial charge in [0.1, 0.15) is 0 Å². The fourth-order valence-electron chi connectivity index (χ4n) is 2.52. The highest BCUT2D eigenvalue weighted by Gasteiger charge is 2.11. The van der Waals surface area contributed by atoms with Gasteiger partial charge in [-0.3, -0.25) is 0 Å². The Balaban J connectivity index is 2.01. The SMILES string of the molecule is CCc1cc(-c2noc(C)n2)ccc1-c1ccc(C(=O)O)cc1. The van der Waals surface area contributed by atoms with E-state index in [1.165, 1.54) is 0 Å². The average Bonchev–Trinajstić information content (AvgIpc) is 3.01. The molecule has 0 unspecified atom stereocenters. The largest absolute Gasteiger partial charge is 0.478 e. The van der Waals surface area contributed by atoms with Crippen LogP contribution in [0.2, 0.25) is 0 Å². The molecule has 116 valence electrons. The fraction of sp³-hybridized carbons (Fsp3) is 0.167. The van der Waals surface area contributed by atoms with Crippen LogP contribution in [0.3, 0.4) is 0 Å². The summed E-state index contributed by atoms with van der Waals surface area (Å²) in [5.74, 6) is 0.187. The van der Waals surface area contributed by atoms with Crippen LogP contribution in [0.25, 0.3) is 22.5 Å². The number of carboxylic acid groups (broad SMARTS) is 1. The summed E-state index contributed by atoms with van der Waals surface area (Å²) >= 11 is 0. The summed E-state index contributed by atoms with van der Waals surface area (Å²) in [7, 11) is 0. The summed E-state index contributed by atoms with van der Waals surface area (Å²) in [5.41, 5.74) is 4.40. The predicted molar refractivity (Wildman–Crippen MR) is 86.2 cm³/mol. The Morgan fingerprint density at radius 3 is 2.39 bits per heavy atom. The summed E-state index contributed by atoms with van der Waals surface area (Å²) in [6.45, 7) is 3.84. The zero-order chi connectivity index (χ0) is 16.4. The smallest absolute Gasteiger partial charge is 0.335 e. The van der Waals surface area contributed by atoms with Gasteiger partial charge >= 0.3 is 5.97 Å². The first-order valence-corrected chi connectivity index (χ1v) is 7.36. The quantitative estimate of drug-likeness (QED) is 0.789. The highest BCUT2D eigenvalue weighted by Crippen LogP contribution is 2.28. The van der Waals surface area contributed by atoms with E-state index in [0.717, 1.165) is 28.7 Å². The Morgan fingerprint density at radius 1 is 1.13 bits per heavy atom. The highest BCUT2D eigenvalue weighted by molar-refractivity contribution is 5.88. The number of carbonyl (C=O) groups is 1. The normalized spacial score (nSPS) is 10.7. The molecule has 0 saturated carbocycles. The topological polar surface area (TPSA) is 76.2 Å². The van der Waals surface area contributed by atoms with E-state index in [1.54, 1.807) is 19.1 Å². The molecule has 1 heterocycles. The van der Waals surface area contributed by atoms with E-state index in [0.29, 0.717) is 11.7 Å². The Kier molecular flexibility index (Phi) is 3.93. The van der Waals surface area contributed by atoms with Gasteiger partial charge in [-0.25, -0.2) is 4.79 Å². The van der Waals surface area contributed by atoms with Gasteiger partial charge < -0.3 is 9.63 Å². The maximum atomic E-state index is 11.0. The Morgan fingerprint density at radius 2 is 1.83 bits per heavy atom. The Labute approximate surface area is 133 Å². The molecule has 0 aliphatic carbocycles. The van der Waals surface area contributed by atoms with Crippen molar-refractivity contribution >= 4 is 5.97 Å². The standard InChI is InChI=1S/C18H16N2O3/c1-3-12-10-15(17-19-11(2)23-20-17)8-9-16(12)13-4-6-14(7-5-13)18(21)22/h4-10H,3H2,1-2H3,(H,21,22). The third kappa shape index (κ3) is 2.99. The van der Waals surface area contributed by atoms with Gasteiger partial charge in [0.05, 0.1) is 5.56 Å². The molecular formula is C18H16N2O3. The Bertz CT molecular complexity index is 851. The van der Waals surface area contributed by atoms with Crippen LogP contribution in [-0.4, -0.2) is 21.2 Å². The molecule has 0 fully saturated rings. The molecule has 3 aromatic rings. The molecule has 3 rings (SSSR count). The van der Waals surface area contributed by atoms with Crippen molar-refractivity contribution in [1.82, 2.24) is 10.1 Å². The number of aromatic nitrogens is 2. The molecule has 0 bridgehead atoms. The van der Waals surface area contributed by atoms with Gasteiger partial charge in [-0.2, -0.15) is 4.98 Å². The summed E-state index contributed by atoms with van der Waals surface area (Å²) in [6.07, 6.45) is 0.848. The van der Waals surface area contributed by atoms with Crippen LogP contribution in [0.15, 0.2) is 47.0 Å². The van der Waals surface area contributed by atoms with E-state index in [-0.39, 0.29) is 5.56 Å². The second-order valence-electron chi connectivity index (χ2n) is 5.24. The lowest BCUT2D eigenvalue weighted by Crippen LogP contribution is -1.96. The molecule has 23 heavy (non-hydrogen) atoms. The van der Waals surface area contributed by atoms with Crippen molar-refractivity contribution in [1.29, 1.82) is 0 Å².